The lowest BCUT2D eigenvalue weighted by Gasteiger charge is -2.60. The number of carboxylic acid groups (broad SMARTS) is 1. The van der Waals surface area contributed by atoms with Crippen molar-refractivity contribution in [3.05, 3.63) is 65.2 Å². The molecule has 1 unspecified atom stereocenters. The van der Waals surface area contributed by atoms with Gasteiger partial charge in [-0.15, -0.1) is 0 Å². The highest BCUT2D eigenvalue weighted by molar-refractivity contribution is 6.03. The van der Waals surface area contributed by atoms with Crippen LogP contribution in [-0.2, 0) is 17.5 Å². The minimum atomic E-state index is -4.41. The highest BCUT2D eigenvalue weighted by Crippen LogP contribution is 2.62. The summed E-state index contributed by atoms with van der Waals surface area (Å²) in [5.74, 6) is 0.368. The van der Waals surface area contributed by atoms with Crippen LogP contribution in [0.3, 0.4) is 0 Å². The molecule has 8 heteroatoms. The molecule has 1 heterocycles. The van der Waals surface area contributed by atoms with E-state index >= 15 is 0 Å². The van der Waals surface area contributed by atoms with E-state index in [1.165, 1.54) is 36.3 Å². The van der Waals surface area contributed by atoms with Gasteiger partial charge in [0.05, 0.1) is 23.5 Å². The van der Waals surface area contributed by atoms with Crippen molar-refractivity contribution in [2.75, 3.05) is 11.6 Å². The van der Waals surface area contributed by atoms with E-state index in [0.29, 0.717) is 34.6 Å². The predicted octanol–water partition coefficient (Wildman–Crippen LogP) is 5.79. The largest absolute Gasteiger partial charge is 0.480 e. The van der Waals surface area contributed by atoms with E-state index < -0.39 is 29.2 Å². The van der Waals surface area contributed by atoms with Crippen LogP contribution in [0, 0.1) is 23.2 Å². The Hall–Kier alpha value is -3.03. The van der Waals surface area contributed by atoms with E-state index in [1.807, 2.05) is 17.0 Å². The van der Waals surface area contributed by atoms with Crippen LogP contribution in [0.15, 0.2) is 48.5 Å². The first kappa shape index (κ1) is 23.4. The number of hydrogen-bond acceptors (Lipinski definition) is 3. The molecule has 5 aliphatic rings. The number of amides is 1. The van der Waals surface area contributed by atoms with Crippen LogP contribution in [-0.4, -0.2) is 34.6 Å². The van der Waals surface area contributed by atoms with Gasteiger partial charge in [0.2, 0.25) is 0 Å². The number of carbonyl (C=O) groups is 2. The quantitative estimate of drug-likeness (QED) is 0.567. The Morgan fingerprint density at radius 3 is 2.11 bits per heavy atom. The Kier molecular flexibility index (Phi) is 5.36. The van der Waals surface area contributed by atoms with Crippen molar-refractivity contribution >= 4 is 17.6 Å². The van der Waals surface area contributed by atoms with Gasteiger partial charge in [-0.2, -0.15) is 13.2 Å². The molecule has 2 aromatic carbocycles. The van der Waals surface area contributed by atoms with Crippen molar-refractivity contribution in [3.63, 3.8) is 0 Å². The van der Waals surface area contributed by atoms with Crippen LogP contribution in [0.5, 0.6) is 0 Å². The fraction of sp³-hybridized carbons (Fsp3) is 0.500. The lowest BCUT2D eigenvalue weighted by Crippen LogP contribution is -2.63. The van der Waals surface area contributed by atoms with Gasteiger partial charge < -0.3 is 14.9 Å². The topological polar surface area (TPSA) is 60.9 Å². The number of alkyl halides is 3. The molecule has 5 nitrogen and oxygen atoms in total. The van der Waals surface area contributed by atoms with E-state index in [1.54, 1.807) is 12.1 Å². The van der Waals surface area contributed by atoms with Crippen molar-refractivity contribution in [1.82, 2.24) is 4.90 Å². The van der Waals surface area contributed by atoms with Gasteiger partial charge in [0.25, 0.3) is 5.91 Å². The normalized spacial score (nSPS) is 29.9. The van der Waals surface area contributed by atoms with E-state index in [-0.39, 0.29) is 19.1 Å². The van der Waals surface area contributed by atoms with Crippen molar-refractivity contribution in [3.8, 4) is 0 Å². The van der Waals surface area contributed by atoms with Gasteiger partial charge in [-0.1, -0.05) is 24.3 Å². The molecule has 4 saturated carbocycles. The summed E-state index contributed by atoms with van der Waals surface area (Å²) >= 11 is 0. The first-order valence-electron chi connectivity index (χ1n) is 12.7. The molecule has 0 saturated heterocycles. The molecule has 0 spiro atoms. The summed E-state index contributed by atoms with van der Waals surface area (Å²) < 4.78 is 39.1. The predicted molar refractivity (Wildman–Crippen MR) is 127 cm³/mol. The molecule has 4 aliphatic carbocycles. The van der Waals surface area contributed by atoms with E-state index in [4.69, 9.17) is 0 Å². The third-order valence-electron chi connectivity index (χ3n) is 8.93. The standard InChI is InChI=1S/C28H29F3N2O3/c29-28(30,31)21-7-5-17(6-8-21)15-32-16-33(25(34)22-3-1-2-4-23(22)32)24(26(35)36)27-12-18-9-19(13-27)11-20(10-18)14-27/h1-8,18-20,24H,9-16H2,(H,35,36). The number of hydrogen-bond donors (Lipinski definition) is 1. The number of anilines is 1. The minimum Gasteiger partial charge on any atom is -0.480 e. The van der Waals surface area contributed by atoms with Crippen LogP contribution in [0.4, 0.5) is 18.9 Å². The van der Waals surface area contributed by atoms with Crippen LogP contribution >= 0.6 is 0 Å². The maximum atomic E-state index is 13.7. The number of fused-ring (bicyclic) bond motifs is 1. The highest BCUT2D eigenvalue weighted by atomic mass is 19.4. The Balaban J connectivity index is 1.34. The fourth-order valence-corrected chi connectivity index (χ4v) is 8.00. The van der Waals surface area contributed by atoms with Crippen molar-refractivity contribution in [1.29, 1.82) is 0 Å². The second-order valence-electron chi connectivity index (χ2n) is 11.3. The molecule has 1 aliphatic heterocycles. The van der Waals surface area contributed by atoms with Gasteiger partial charge in [0.15, 0.2) is 0 Å². The van der Waals surface area contributed by atoms with Gasteiger partial charge in [-0.25, -0.2) is 4.79 Å². The number of benzene rings is 2. The maximum Gasteiger partial charge on any atom is 0.416 e. The second-order valence-corrected chi connectivity index (χ2v) is 11.3. The summed E-state index contributed by atoms with van der Waals surface area (Å²) in [6, 6.07) is 11.2. The van der Waals surface area contributed by atoms with Gasteiger partial charge in [-0.05, 0) is 86.1 Å². The number of carbonyl (C=O) groups excluding carboxylic acids is 1. The number of rotatable bonds is 5. The lowest BCUT2D eigenvalue weighted by molar-refractivity contribution is -0.159. The Morgan fingerprint density at radius 1 is 0.972 bits per heavy atom. The van der Waals surface area contributed by atoms with E-state index in [2.05, 4.69) is 0 Å². The molecule has 36 heavy (non-hydrogen) atoms. The smallest absolute Gasteiger partial charge is 0.416 e. The molecule has 0 aromatic heterocycles. The lowest BCUT2D eigenvalue weighted by atomic mass is 9.47. The van der Waals surface area contributed by atoms with Crippen molar-refractivity contribution in [2.45, 2.75) is 57.3 Å². The van der Waals surface area contributed by atoms with Gasteiger partial charge in [-0.3, -0.25) is 4.79 Å². The molecule has 2 aromatic rings. The third kappa shape index (κ3) is 3.85. The SMILES string of the molecule is O=C(O)C(N1CN(Cc2ccc(C(F)(F)F)cc2)c2ccccc2C1=O)C12CC3CC(CC(C3)C1)C2. The summed E-state index contributed by atoms with van der Waals surface area (Å²) in [6.45, 7) is 0.363. The highest BCUT2D eigenvalue weighted by Gasteiger charge is 2.59. The van der Waals surface area contributed by atoms with Gasteiger partial charge >= 0.3 is 12.1 Å². The summed E-state index contributed by atoms with van der Waals surface area (Å²) in [6.07, 6.45) is 1.64. The van der Waals surface area contributed by atoms with Crippen LogP contribution in [0.1, 0.15) is 60.0 Å². The first-order chi connectivity index (χ1) is 17.1. The fourth-order valence-electron chi connectivity index (χ4n) is 8.00. The van der Waals surface area contributed by atoms with Crippen LogP contribution in [0.2, 0.25) is 0 Å². The zero-order valence-electron chi connectivity index (χ0n) is 19.9. The van der Waals surface area contributed by atoms with E-state index in [9.17, 15) is 27.9 Å². The van der Waals surface area contributed by atoms with E-state index in [0.717, 1.165) is 31.4 Å². The molecule has 1 amide bonds. The molecule has 4 bridgehead atoms. The Labute approximate surface area is 207 Å². The summed E-state index contributed by atoms with van der Waals surface area (Å²) in [5, 5.41) is 10.5. The van der Waals surface area contributed by atoms with Crippen LogP contribution in [0.25, 0.3) is 0 Å². The molecule has 1 atom stereocenters. The molecule has 0 radical (unpaired) electrons. The molecule has 4 fully saturated rings. The number of nitrogens with zero attached hydrogens (tertiary/aromatic N) is 2. The minimum absolute atomic E-state index is 0.0928. The molecule has 1 N–H and O–H groups in total. The summed E-state index contributed by atoms with van der Waals surface area (Å²) in [4.78, 5) is 30.0. The number of para-hydroxylation sites is 1. The molecular weight excluding hydrogens is 469 g/mol. The third-order valence-corrected chi connectivity index (χ3v) is 8.93. The zero-order valence-corrected chi connectivity index (χ0v) is 19.9. The monoisotopic (exact) mass is 498 g/mol. The van der Waals surface area contributed by atoms with Crippen LogP contribution < -0.4 is 4.90 Å². The second kappa shape index (κ2) is 8.25. The number of carboxylic acids is 1. The average molecular weight is 499 g/mol. The maximum absolute atomic E-state index is 13.7. The van der Waals surface area contributed by atoms with Gasteiger partial charge in [0, 0.05) is 12.0 Å². The first-order valence-corrected chi connectivity index (χ1v) is 12.7. The number of aliphatic carboxylic acids is 1. The van der Waals surface area contributed by atoms with Crippen molar-refractivity contribution in [2.24, 2.45) is 23.2 Å². The molecular formula is C28H29F3N2O3. The summed E-state index contributed by atoms with van der Waals surface area (Å²) in [5.41, 5.74) is 0.645. The average Bonchev–Trinajstić information content (AvgIpc) is 2.80. The Morgan fingerprint density at radius 2 is 1.56 bits per heavy atom. The van der Waals surface area contributed by atoms with Crippen molar-refractivity contribution < 1.29 is 27.9 Å². The molecule has 190 valence electrons. The molecule has 7 rings (SSSR count). The Bertz CT molecular complexity index is 1160. The number of halogens is 3. The van der Waals surface area contributed by atoms with Gasteiger partial charge in [0.1, 0.15) is 6.04 Å². The summed E-state index contributed by atoms with van der Waals surface area (Å²) in [7, 11) is 0. The zero-order chi connectivity index (χ0) is 25.2.